The maximum absolute atomic E-state index is 12.5. The molecule has 1 aliphatic rings. The van der Waals surface area contributed by atoms with Gasteiger partial charge in [-0.25, -0.2) is 19.4 Å². The van der Waals surface area contributed by atoms with Gasteiger partial charge in [-0.05, 0) is 13.0 Å². The first kappa shape index (κ1) is 19.0. The van der Waals surface area contributed by atoms with Crippen LogP contribution in [-0.4, -0.2) is 55.3 Å². The van der Waals surface area contributed by atoms with Gasteiger partial charge in [-0.1, -0.05) is 0 Å². The largest absolute Gasteiger partial charge is 0.465 e. The zero-order chi connectivity index (χ0) is 20.6. The second-order valence-electron chi connectivity index (χ2n) is 5.49. The van der Waals surface area contributed by atoms with Crippen molar-refractivity contribution in [3.8, 4) is 11.3 Å². The third-order valence-electron chi connectivity index (χ3n) is 3.92. The third kappa shape index (κ3) is 2.84. The Morgan fingerprint density at radius 1 is 1.00 bits per heavy atom. The van der Waals surface area contributed by atoms with Crippen LogP contribution in [0.2, 0.25) is 0 Å². The van der Waals surface area contributed by atoms with Gasteiger partial charge in [-0.15, -0.1) is 0 Å². The number of carbonyl (C=O) groups is 5. The number of aromatic nitrogens is 1. The summed E-state index contributed by atoms with van der Waals surface area (Å²) in [6.07, 6.45) is 0. The van der Waals surface area contributed by atoms with Crippen molar-refractivity contribution in [2.75, 3.05) is 20.8 Å². The van der Waals surface area contributed by atoms with Crippen molar-refractivity contribution < 1.29 is 42.6 Å². The Hall–Kier alpha value is -3.82. The summed E-state index contributed by atoms with van der Waals surface area (Å²) in [7, 11) is 2.18. The summed E-state index contributed by atoms with van der Waals surface area (Å²) in [5.74, 6) is -5.31. The minimum Gasteiger partial charge on any atom is -0.465 e. The summed E-state index contributed by atoms with van der Waals surface area (Å²) in [6.45, 7) is 1.64. The molecule has 28 heavy (non-hydrogen) atoms. The molecule has 0 saturated carbocycles. The van der Waals surface area contributed by atoms with Crippen LogP contribution in [0.4, 0.5) is 0 Å². The molecule has 0 fully saturated rings. The fourth-order valence-electron chi connectivity index (χ4n) is 2.70. The van der Waals surface area contributed by atoms with E-state index in [1.54, 1.807) is 6.92 Å². The number of Topliss-reactive ketones (excluding diaryl/α,β-unsaturated/α-hetero) is 2. The molecule has 0 N–H and O–H groups in total. The summed E-state index contributed by atoms with van der Waals surface area (Å²) >= 11 is 0. The molecule has 3 rings (SSSR count). The van der Waals surface area contributed by atoms with E-state index in [1.165, 1.54) is 0 Å². The maximum Gasteiger partial charge on any atom is 0.374 e. The lowest BCUT2D eigenvalue weighted by molar-refractivity contribution is 0.0490. The highest BCUT2D eigenvalue weighted by atomic mass is 16.5. The van der Waals surface area contributed by atoms with Gasteiger partial charge in [0.15, 0.2) is 0 Å². The Morgan fingerprint density at radius 3 is 2.29 bits per heavy atom. The van der Waals surface area contributed by atoms with Crippen LogP contribution in [0.3, 0.4) is 0 Å². The van der Waals surface area contributed by atoms with Crippen LogP contribution in [0, 0.1) is 0 Å². The summed E-state index contributed by atoms with van der Waals surface area (Å²) in [5, 5.41) is 0. The Labute approximate surface area is 157 Å². The molecule has 10 heteroatoms. The van der Waals surface area contributed by atoms with E-state index in [-0.39, 0.29) is 40.5 Å². The first-order valence-corrected chi connectivity index (χ1v) is 7.96. The molecule has 0 aromatic carbocycles. The lowest BCUT2D eigenvalue weighted by Crippen LogP contribution is -2.25. The number of pyridine rings is 1. The Bertz CT molecular complexity index is 1050. The van der Waals surface area contributed by atoms with Gasteiger partial charge in [0, 0.05) is 6.07 Å². The summed E-state index contributed by atoms with van der Waals surface area (Å²) in [4.78, 5) is 64.9. The van der Waals surface area contributed by atoms with Crippen molar-refractivity contribution in [2.45, 2.75) is 6.92 Å². The fourth-order valence-corrected chi connectivity index (χ4v) is 2.70. The van der Waals surface area contributed by atoms with E-state index in [0.717, 1.165) is 26.4 Å². The molecular formula is C18H13NO9. The highest BCUT2D eigenvalue weighted by Gasteiger charge is 2.40. The van der Waals surface area contributed by atoms with Crippen LogP contribution in [0.5, 0.6) is 0 Å². The normalized spacial score (nSPS) is 12.1. The van der Waals surface area contributed by atoms with Crippen molar-refractivity contribution in [1.29, 1.82) is 0 Å². The molecule has 0 spiro atoms. The Kier molecular flexibility index (Phi) is 4.78. The van der Waals surface area contributed by atoms with E-state index in [4.69, 9.17) is 13.9 Å². The van der Waals surface area contributed by atoms with Crippen LogP contribution in [0.25, 0.3) is 11.3 Å². The number of methoxy groups -OCH3 is 2. The smallest absolute Gasteiger partial charge is 0.374 e. The van der Waals surface area contributed by atoms with Gasteiger partial charge < -0.3 is 18.6 Å². The minimum atomic E-state index is -1.07. The molecule has 144 valence electrons. The van der Waals surface area contributed by atoms with E-state index >= 15 is 0 Å². The average molecular weight is 387 g/mol. The minimum absolute atomic E-state index is 0.0606. The van der Waals surface area contributed by atoms with Gasteiger partial charge in [0.2, 0.25) is 11.5 Å². The first-order chi connectivity index (χ1) is 13.3. The molecule has 0 amide bonds. The van der Waals surface area contributed by atoms with E-state index in [9.17, 15) is 24.0 Å². The second-order valence-corrected chi connectivity index (χ2v) is 5.49. The van der Waals surface area contributed by atoms with Gasteiger partial charge in [-0.3, -0.25) is 9.59 Å². The quantitative estimate of drug-likeness (QED) is 0.430. The molecule has 1 aliphatic carbocycles. The monoisotopic (exact) mass is 387 g/mol. The van der Waals surface area contributed by atoms with Crippen LogP contribution in [-0.2, 0) is 14.2 Å². The molecule has 0 unspecified atom stereocenters. The Morgan fingerprint density at radius 2 is 1.68 bits per heavy atom. The van der Waals surface area contributed by atoms with Crippen molar-refractivity contribution in [3.05, 3.63) is 40.4 Å². The molecule has 0 bridgehead atoms. The fraction of sp³-hybridized carbons (Fsp3) is 0.222. The van der Waals surface area contributed by atoms with Gasteiger partial charge in [0.05, 0.1) is 37.5 Å². The molecule has 0 radical (unpaired) electrons. The molecular weight excluding hydrogens is 374 g/mol. The number of carbonyl (C=O) groups excluding carboxylic acids is 5. The van der Waals surface area contributed by atoms with Gasteiger partial charge in [0.25, 0.3) is 5.78 Å². The molecule has 0 aliphatic heterocycles. The van der Waals surface area contributed by atoms with Crippen LogP contribution >= 0.6 is 0 Å². The van der Waals surface area contributed by atoms with Gasteiger partial charge in [-0.2, -0.15) is 0 Å². The summed E-state index contributed by atoms with van der Waals surface area (Å²) < 4.78 is 19.5. The lowest BCUT2D eigenvalue weighted by atomic mass is 9.89. The molecule has 2 aromatic heterocycles. The topological polar surface area (TPSA) is 139 Å². The number of fused-ring (bicyclic) bond motifs is 3. The number of hydrogen-bond acceptors (Lipinski definition) is 10. The van der Waals surface area contributed by atoms with Gasteiger partial charge in [0.1, 0.15) is 17.1 Å². The summed E-state index contributed by atoms with van der Waals surface area (Å²) in [5.41, 5.74) is -1.48. The highest BCUT2D eigenvalue weighted by molar-refractivity contribution is 6.52. The van der Waals surface area contributed by atoms with Crippen LogP contribution in [0.1, 0.15) is 59.2 Å². The van der Waals surface area contributed by atoms with Crippen LogP contribution < -0.4 is 0 Å². The zero-order valence-corrected chi connectivity index (χ0v) is 15.0. The van der Waals surface area contributed by atoms with Crippen molar-refractivity contribution in [2.24, 2.45) is 0 Å². The maximum atomic E-state index is 12.5. The number of ketones is 2. The van der Waals surface area contributed by atoms with E-state index < -0.39 is 35.2 Å². The van der Waals surface area contributed by atoms with E-state index in [2.05, 4.69) is 9.72 Å². The number of nitrogens with zero attached hydrogens (tertiary/aromatic N) is 1. The van der Waals surface area contributed by atoms with E-state index in [0.29, 0.717) is 0 Å². The predicted octanol–water partition coefficient (Wildman–Crippen LogP) is 1.47. The predicted molar refractivity (Wildman–Crippen MR) is 89.2 cm³/mol. The molecule has 2 aromatic rings. The van der Waals surface area contributed by atoms with E-state index in [1.807, 2.05) is 0 Å². The zero-order valence-electron chi connectivity index (χ0n) is 15.0. The number of furan rings is 1. The summed E-state index contributed by atoms with van der Waals surface area (Å²) in [6, 6.07) is 2.11. The number of ether oxygens (including phenoxy) is 3. The number of hydrogen-bond donors (Lipinski definition) is 0. The molecule has 0 atom stereocenters. The SMILES string of the molecule is CCOC(=O)c1cc2c(o1)-c1c(C(=O)OC)cc(C(=O)OC)nc1C(=O)C2=O. The third-order valence-corrected chi connectivity index (χ3v) is 3.92. The molecule has 10 nitrogen and oxygen atoms in total. The van der Waals surface area contributed by atoms with Crippen molar-refractivity contribution in [3.63, 3.8) is 0 Å². The average Bonchev–Trinajstić information content (AvgIpc) is 3.15. The Balaban J connectivity index is 2.32. The first-order valence-electron chi connectivity index (χ1n) is 7.96. The lowest BCUT2D eigenvalue weighted by Gasteiger charge is -2.16. The second kappa shape index (κ2) is 7.06. The number of rotatable bonds is 4. The highest BCUT2D eigenvalue weighted by Crippen LogP contribution is 2.38. The van der Waals surface area contributed by atoms with Crippen molar-refractivity contribution in [1.82, 2.24) is 4.98 Å². The number of esters is 3. The molecule has 0 saturated heterocycles. The standard InChI is InChI=1S/C18H13NO9/c1-4-27-18(24)10-6-8-13(20)14(21)12-11(15(8)28-10)7(16(22)25-2)5-9(19-12)17(23)26-3/h5-6H,4H2,1-3H3. The molecule has 2 heterocycles. The van der Waals surface area contributed by atoms with Gasteiger partial charge >= 0.3 is 17.9 Å². The van der Waals surface area contributed by atoms with Crippen molar-refractivity contribution >= 4 is 29.5 Å². The van der Waals surface area contributed by atoms with Crippen LogP contribution in [0.15, 0.2) is 16.5 Å².